The number of amides is 2. The van der Waals surface area contributed by atoms with E-state index in [0.29, 0.717) is 36.5 Å². The second-order valence-electron chi connectivity index (χ2n) is 7.99. The molecule has 1 aromatic carbocycles. The van der Waals surface area contributed by atoms with Gasteiger partial charge in [-0.3, -0.25) is 0 Å². The number of nitrogens with zero attached hydrogens (tertiary/aromatic N) is 2. The fourth-order valence-electron chi connectivity index (χ4n) is 3.79. The van der Waals surface area contributed by atoms with Crippen molar-refractivity contribution in [3.63, 3.8) is 0 Å². The number of aryl methyl sites for hydroxylation is 1. The van der Waals surface area contributed by atoms with E-state index in [0.717, 1.165) is 40.9 Å². The number of nitrogens with one attached hydrogen (secondary N) is 1. The first-order valence-corrected chi connectivity index (χ1v) is 11.9. The number of piperidine rings is 1. The average molecular weight is 453 g/mol. The molecule has 0 atom stereocenters. The largest absolute Gasteiger partial charge is 0.458 e. The lowest BCUT2D eigenvalue weighted by atomic mass is 10.1. The molecule has 3 N–H and O–H groups in total. The number of nitrogen functional groups attached to an aromatic ring is 1. The number of carbonyl (C=O) groups excluding carboxylic acids is 2. The molecule has 2 aromatic heterocycles. The molecular weight excluding hydrogens is 424 g/mol. The van der Waals surface area contributed by atoms with Crippen molar-refractivity contribution in [2.45, 2.75) is 45.1 Å². The van der Waals surface area contributed by atoms with Crippen molar-refractivity contribution >= 4 is 44.9 Å². The zero-order valence-corrected chi connectivity index (χ0v) is 19.0. The van der Waals surface area contributed by atoms with Crippen LogP contribution < -0.4 is 11.1 Å². The minimum atomic E-state index is -0.409. The van der Waals surface area contributed by atoms with Crippen LogP contribution >= 0.6 is 11.3 Å². The van der Waals surface area contributed by atoms with Gasteiger partial charge in [-0.25, -0.2) is 14.6 Å². The van der Waals surface area contributed by atoms with Crippen molar-refractivity contribution in [3.05, 3.63) is 53.0 Å². The number of anilines is 2. The molecule has 1 saturated heterocycles. The summed E-state index contributed by atoms with van der Waals surface area (Å²) < 4.78 is 5.73. The molecule has 0 radical (unpaired) electrons. The average Bonchev–Trinajstić information content (AvgIpc) is 3.14. The van der Waals surface area contributed by atoms with Crippen molar-refractivity contribution in [2.24, 2.45) is 0 Å². The smallest absolute Gasteiger partial charge is 0.350 e. The van der Waals surface area contributed by atoms with Gasteiger partial charge in [0.15, 0.2) is 0 Å². The Kier molecular flexibility index (Phi) is 6.90. The van der Waals surface area contributed by atoms with Gasteiger partial charge in [0.05, 0.1) is 5.69 Å². The molecule has 0 spiro atoms. The third-order valence-electron chi connectivity index (χ3n) is 5.65. The Morgan fingerprint density at radius 1 is 1.19 bits per heavy atom. The minimum Gasteiger partial charge on any atom is -0.458 e. The molecule has 0 bridgehead atoms. The number of hydrogen-bond acceptors (Lipinski definition) is 6. The summed E-state index contributed by atoms with van der Waals surface area (Å²) in [4.78, 5) is 32.8. The molecule has 3 heterocycles. The first-order valence-electron chi connectivity index (χ1n) is 11.0. The van der Waals surface area contributed by atoms with Gasteiger partial charge in [-0.2, -0.15) is 0 Å². The lowest BCUT2D eigenvalue weighted by Crippen LogP contribution is -2.43. The van der Waals surface area contributed by atoms with E-state index in [-0.39, 0.29) is 12.1 Å². The molecule has 32 heavy (non-hydrogen) atoms. The number of ether oxygens (including phenoxy) is 1. The number of unbranched alkanes of at least 4 members (excludes halogenated alkanes) is 1. The van der Waals surface area contributed by atoms with Crippen LogP contribution in [0.1, 0.15) is 48.0 Å². The van der Waals surface area contributed by atoms with E-state index in [2.05, 4.69) is 17.2 Å². The fraction of sp³-hybridized carbons (Fsp3) is 0.375. The van der Waals surface area contributed by atoms with Crippen LogP contribution in [0.3, 0.4) is 0 Å². The Morgan fingerprint density at radius 3 is 2.66 bits per heavy atom. The Labute approximate surface area is 191 Å². The summed E-state index contributed by atoms with van der Waals surface area (Å²) in [6, 6.07) is 13.1. The number of hydrogen-bond donors (Lipinski definition) is 2. The van der Waals surface area contributed by atoms with E-state index in [1.807, 2.05) is 42.5 Å². The van der Waals surface area contributed by atoms with Crippen molar-refractivity contribution in [1.29, 1.82) is 0 Å². The quantitative estimate of drug-likeness (QED) is 0.509. The van der Waals surface area contributed by atoms with Crippen LogP contribution in [0.4, 0.5) is 16.2 Å². The van der Waals surface area contributed by atoms with Crippen molar-refractivity contribution in [1.82, 2.24) is 9.88 Å². The Morgan fingerprint density at radius 2 is 1.94 bits per heavy atom. The molecule has 4 rings (SSSR count). The van der Waals surface area contributed by atoms with Crippen LogP contribution in [-0.4, -0.2) is 41.1 Å². The van der Waals surface area contributed by atoms with E-state index >= 15 is 0 Å². The molecule has 1 aliphatic rings. The third-order valence-corrected chi connectivity index (χ3v) is 6.75. The lowest BCUT2D eigenvalue weighted by Gasteiger charge is -2.31. The minimum absolute atomic E-state index is 0.139. The van der Waals surface area contributed by atoms with E-state index < -0.39 is 5.97 Å². The fourth-order valence-corrected chi connectivity index (χ4v) is 4.79. The molecule has 1 fully saturated rings. The number of para-hydroxylation sites is 1. The molecule has 0 saturated carbocycles. The van der Waals surface area contributed by atoms with E-state index in [1.165, 1.54) is 11.3 Å². The van der Waals surface area contributed by atoms with Crippen molar-refractivity contribution < 1.29 is 14.3 Å². The maximum absolute atomic E-state index is 12.8. The topological polar surface area (TPSA) is 97.6 Å². The van der Waals surface area contributed by atoms with Crippen molar-refractivity contribution in [2.75, 3.05) is 24.1 Å². The van der Waals surface area contributed by atoms with Gasteiger partial charge in [-0.05, 0) is 37.1 Å². The predicted octanol–water partition coefficient (Wildman–Crippen LogP) is 5.07. The van der Waals surface area contributed by atoms with Crippen LogP contribution in [0.5, 0.6) is 0 Å². The van der Waals surface area contributed by atoms with Gasteiger partial charge in [-0.1, -0.05) is 31.5 Å². The number of rotatable bonds is 6. The lowest BCUT2D eigenvalue weighted by molar-refractivity contribution is 0.0164. The van der Waals surface area contributed by atoms with Gasteiger partial charge in [0.25, 0.3) is 0 Å². The summed E-state index contributed by atoms with van der Waals surface area (Å²) in [6.45, 7) is 3.21. The number of thiophene rings is 1. The first-order chi connectivity index (χ1) is 15.5. The Hall–Kier alpha value is -3.13. The maximum atomic E-state index is 12.8. The highest BCUT2D eigenvalue weighted by Gasteiger charge is 2.27. The summed E-state index contributed by atoms with van der Waals surface area (Å²) in [7, 11) is 0. The van der Waals surface area contributed by atoms with Gasteiger partial charge in [0.2, 0.25) is 0 Å². The summed E-state index contributed by atoms with van der Waals surface area (Å²) in [5, 5.41) is 3.69. The number of urea groups is 1. The van der Waals surface area contributed by atoms with E-state index in [9.17, 15) is 9.59 Å². The van der Waals surface area contributed by atoms with Crippen LogP contribution in [0.15, 0.2) is 42.5 Å². The highest BCUT2D eigenvalue weighted by Crippen LogP contribution is 2.34. The van der Waals surface area contributed by atoms with E-state index in [1.54, 1.807) is 4.90 Å². The molecule has 168 valence electrons. The van der Waals surface area contributed by atoms with Gasteiger partial charge in [-0.15, -0.1) is 11.3 Å². The van der Waals surface area contributed by atoms with Gasteiger partial charge >= 0.3 is 12.0 Å². The molecular formula is C24H28N4O3S. The number of nitrogens with two attached hydrogens (primary N) is 1. The number of pyridine rings is 1. The van der Waals surface area contributed by atoms with Gasteiger partial charge < -0.3 is 20.7 Å². The van der Waals surface area contributed by atoms with Crippen LogP contribution in [0, 0.1) is 0 Å². The molecule has 7 nitrogen and oxygen atoms in total. The molecule has 0 unspecified atom stereocenters. The highest BCUT2D eigenvalue weighted by molar-refractivity contribution is 7.21. The van der Waals surface area contributed by atoms with Gasteiger partial charge in [0.1, 0.15) is 15.8 Å². The third kappa shape index (κ3) is 5.02. The predicted molar refractivity (Wildman–Crippen MR) is 128 cm³/mol. The Balaban J connectivity index is 1.34. The number of likely N-dealkylation sites (tertiary alicyclic amines) is 1. The molecule has 3 aromatic rings. The summed E-state index contributed by atoms with van der Waals surface area (Å²) in [5.74, 6) is -0.409. The first kappa shape index (κ1) is 22.1. The van der Waals surface area contributed by atoms with Crippen LogP contribution in [0.25, 0.3) is 10.2 Å². The number of fused-ring (bicyclic) bond motifs is 1. The Bertz CT molecular complexity index is 1090. The molecule has 1 aliphatic heterocycles. The number of carbonyl (C=O) groups is 2. The highest BCUT2D eigenvalue weighted by atomic mass is 32.1. The SMILES string of the molecule is CCCCc1ccc2c(N)c(C(=O)OC3CCN(C(=O)Nc4ccccc4)CC3)sc2n1. The summed E-state index contributed by atoms with van der Waals surface area (Å²) in [6.07, 6.45) is 4.06. The van der Waals surface area contributed by atoms with Gasteiger partial charge in [0, 0.05) is 42.7 Å². The number of esters is 1. The van der Waals surface area contributed by atoms with Crippen molar-refractivity contribution in [3.8, 4) is 0 Å². The molecule has 8 heteroatoms. The normalized spacial score (nSPS) is 14.5. The monoisotopic (exact) mass is 452 g/mol. The molecule has 2 amide bonds. The second kappa shape index (κ2) is 9.99. The zero-order valence-electron chi connectivity index (χ0n) is 18.2. The molecule has 0 aliphatic carbocycles. The standard InChI is InChI=1S/C24H28N4O3S/c1-2-3-7-17-10-11-19-20(25)21(32-22(19)26-17)23(29)31-18-12-14-28(15-13-18)24(30)27-16-8-5-4-6-9-16/h4-6,8-11,18H,2-3,7,12-15,25H2,1H3,(H,27,30). The number of benzene rings is 1. The van der Waals surface area contributed by atoms with Crippen LogP contribution in [-0.2, 0) is 11.2 Å². The number of aromatic nitrogens is 1. The zero-order chi connectivity index (χ0) is 22.5. The summed E-state index contributed by atoms with van der Waals surface area (Å²) in [5.41, 5.74) is 8.45. The van der Waals surface area contributed by atoms with E-state index in [4.69, 9.17) is 10.5 Å². The summed E-state index contributed by atoms with van der Waals surface area (Å²) >= 11 is 1.29. The van der Waals surface area contributed by atoms with Crippen LogP contribution in [0.2, 0.25) is 0 Å². The maximum Gasteiger partial charge on any atom is 0.350 e. The second-order valence-corrected chi connectivity index (χ2v) is 8.99.